The van der Waals surface area contributed by atoms with Crippen molar-refractivity contribution in [1.29, 1.82) is 0 Å². The number of methoxy groups -OCH3 is 1. The Bertz CT molecular complexity index is 337. The van der Waals surface area contributed by atoms with Gasteiger partial charge in [0, 0.05) is 24.8 Å². The molecule has 4 heteroatoms. The fourth-order valence-corrected chi connectivity index (χ4v) is 2.76. The summed E-state index contributed by atoms with van der Waals surface area (Å²) in [6.07, 6.45) is 2.59. The number of benzene rings is 1. The zero-order chi connectivity index (χ0) is 10.7. The van der Waals surface area contributed by atoms with Gasteiger partial charge in [0.2, 0.25) is 0 Å². The average molecular weight is 224 g/mol. The fourth-order valence-electron chi connectivity index (χ4n) is 1.68. The topological polar surface area (TPSA) is 38.5 Å². The van der Waals surface area contributed by atoms with Gasteiger partial charge in [0.1, 0.15) is 5.75 Å². The van der Waals surface area contributed by atoms with Crippen LogP contribution in [0.2, 0.25) is 0 Å². The molecule has 0 aliphatic carbocycles. The summed E-state index contributed by atoms with van der Waals surface area (Å²) in [6, 6.07) is 5.82. The monoisotopic (exact) mass is 224 g/mol. The van der Waals surface area contributed by atoms with Gasteiger partial charge in [0.25, 0.3) is 0 Å². The van der Waals surface area contributed by atoms with Crippen molar-refractivity contribution in [2.75, 3.05) is 25.9 Å². The van der Waals surface area contributed by atoms with Gasteiger partial charge in [-0.1, -0.05) is 0 Å². The summed E-state index contributed by atoms with van der Waals surface area (Å²) in [5.41, 5.74) is 6.46. The Kier molecular flexibility index (Phi) is 3.38. The highest BCUT2D eigenvalue weighted by Gasteiger charge is 2.15. The van der Waals surface area contributed by atoms with Crippen molar-refractivity contribution in [3.63, 3.8) is 0 Å². The molecule has 0 aromatic heterocycles. The molecule has 1 aromatic carbocycles. The molecule has 2 rings (SSSR count). The summed E-state index contributed by atoms with van der Waals surface area (Å²) in [6.45, 7) is 2.33. The molecule has 82 valence electrons. The number of nitrogens with two attached hydrogens (primary N) is 1. The molecule has 1 heterocycles. The van der Waals surface area contributed by atoms with Gasteiger partial charge in [-0.2, -0.15) is 0 Å². The quantitative estimate of drug-likeness (QED) is 0.632. The highest BCUT2D eigenvalue weighted by atomic mass is 32.2. The van der Waals surface area contributed by atoms with Crippen LogP contribution in [-0.4, -0.2) is 24.5 Å². The lowest BCUT2D eigenvalue weighted by molar-refractivity contribution is 0.404. The standard InChI is InChI=1S/C11H16N2OS/c1-14-10-8-9(12)4-5-11(10)15-13-6-2-3-7-13/h4-5,8H,2-3,6-7,12H2,1H3. The second-order valence-corrected chi connectivity index (χ2v) is 4.78. The molecule has 0 saturated carbocycles. The van der Waals surface area contributed by atoms with E-state index < -0.39 is 0 Å². The Balaban J connectivity index is 2.12. The largest absolute Gasteiger partial charge is 0.495 e. The van der Waals surface area contributed by atoms with Gasteiger partial charge in [-0.3, -0.25) is 0 Å². The smallest absolute Gasteiger partial charge is 0.135 e. The highest BCUT2D eigenvalue weighted by molar-refractivity contribution is 7.97. The lowest BCUT2D eigenvalue weighted by Crippen LogP contribution is -2.09. The van der Waals surface area contributed by atoms with Crippen molar-refractivity contribution in [2.24, 2.45) is 0 Å². The number of nitrogens with zero attached hydrogens (tertiary/aromatic N) is 1. The van der Waals surface area contributed by atoms with Crippen LogP contribution in [-0.2, 0) is 0 Å². The van der Waals surface area contributed by atoms with E-state index in [1.54, 1.807) is 19.1 Å². The molecule has 0 bridgehead atoms. The van der Waals surface area contributed by atoms with Crippen LogP contribution < -0.4 is 10.5 Å². The number of rotatable bonds is 3. The van der Waals surface area contributed by atoms with Crippen molar-refractivity contribution < 1.29 is 4.74 Å². The van der Waals surface area contributed by atoms with Gasteiger partial charge < -0.3 is 10.5 Å². The van der Waals surface area contributed by atoms with Crippen molar-refractivity contribution in [2.45, 2.75) is 17.7 Å². The number of anilines is 1. The van der Waals surface area contributed by atoms with Crippen molar-refractivity contribution in [3.05, 3.63) is 18.2 Å². The van der Waals surface area contributed by atoms with E-state index >= 15 is 0 Å². The third kappa shape index (κ3) is 2.58. The first-order valence-corrected chi connectivity index (χ1v) is 5.93. The van der Waals surface area contributed by atoms with E-state index in [9.17, 15) is 0 Å². The Hall–Kier alpha value is -0.870. The lowest BCUT2D eigenvalue weighted by atomic mass is 10.3. The second kappa shape index (κ2) is 4.77. The van der Waals surface area contributed by atoms with Crippen LogP contribution in [0.5, 0.6) is 5.75 Å². The molecule has 1 aromatic rings. The molecular weight excluding hydrogens is 208 g/mol. The van der Waals surface area contributed by atoms with Gasteiger partial charge >= 0.3 is 0 Å². The van der Waals surface area contributed by atoms with Gasteiger partial charge in [0.15, 0.2) is 0 Å². The first-order chi connectivity index (χ1) is 7.29. The maximum absolute atomic E-state index is 5.71. The molecule has 1 saturated heterocycles. The molecule has 2 N–H and O–H groups in total. The van der Waals surface area contributed by atoms with Crippen molar-refractivity contribution >= 4 is 17.6 Å². The molecule has 1 aliphatic rings. The Morgan fingerprint density at radius 1 is 1.33 bits per heavy atom. The molecule has 0 unspecified atom stereocenters. The maximum Gasteiger partial charge on any atom is 0.135 e. The minimum Gasteiger partial charge on any atom is -0.495 e. The zero-order valence-corrected chi connectivity index (χ0v) is 9.72. The molecule has 0 spiro atoms. The van der Waals surface area contributed by atoms with Crippen LogP contribution >= 0.6 is 11.9 Å². The minimum atomic E-state index is 0.748. The minimum absolute atomic E-state index is 0.748. The van der Waals surface area contributed by atoms with E-state index in [-0.39, 0.29) is 0 Å². The first kappa shape index (κ1) is 10.6. The van der Waals surface area contributed by atoms with E-state index in [1.165, 1.54) is 12.8 Å². The van der Waals surface area contributed by atoms with Gasteiger partial charge in [0.05, 0.1) is 12.0 Å². The van der Waals surface area contributed by atoms with Crippen LogP contribution in [0.1, 0.15) is 12.8 Å². The van der Waals surface area contributed by atoms with Crippen LogP contribution in [0.4, 0.5) is 5.69 Å². The predicted molar refractivity (Wildman–Crippen MR) is 64.1 cm³/mol. The summed E-state index contributed by atoms with van der Waals surface area (Å²) < 4.78 is 7.68. The van der Waals surface area contributed by atoms with Crippen LogP contribution in [0, 0.1) is 0 Å². The van der Waals surface area contributed by atoms with Gasteiger partial charge in [-0.15, -0.1) is 0 Å². The fraction of sp³-hybridized carbons (Fsp3) is 0.455. The third-order valence-electron chi connectivity index (χ3n) is 2.48. The maximum atomic E-state index is 5.71. The Morgan fingerprint density at radius 2 is 2.07 bits per heavy atom. The Labute approximate surface area is 94.7 Å². The summed E-state index contributed by atoms with van der Waals surface area (Å²) in [4.78, 5) is 1.15. The summed E-state index contributed by atoms with van der Waals surface area (Å²) in [7, 11) is 1.68. The molecular formula is C11H16N2OS. The predicted octanol–water partition coefficient (Wildman–Crippen LogP) is 2.38. The second-order valence-electron chi connectivity index (χ2n) is 3.64. The SMILES string of the molecule is COc1cc(N)ccc1SN1CCCC1. The molecule has 1 fully saturated rings. The number of nitrogen functional groups attached to an aromatic ring is 1. The molecule has 0 radical (unpaired) electrons. The normalized spacial score (nSPS) is 16.9. The zero-order valence-electron chi connectivity index (χ0n) is 8.90. The van der Waals surface area contributed by atoms with Crippen LogP contribution in [0.3, 0.4) is 0 Å². The van der Waals surface area contributed by atoms with Crippen LogP contribution in [0.15, 0.2) is 23.1 Å². The molecule has 0 amide bonds. The summed E-state index contributed by atoms with van der Waals surface area (Å²) >= 11 is 1.76. The van der Waals surface area contributed by atoms with Crippen LogP contribution in [0.25, 0.3) is 0 Å². The molecule has 0 atom stereocenters. The molecule has 15 heavy (non-hydrogen) atoms. The number of hydrogen-bond acceptors (Lipinski definition) is 4. The number of ether oxygens (including phenoxy) is 1. The number of hydrogen-bond donors (Lipinski definition) is 1. The summed E-state index contributed by atoms with van der Waals surface area (Å²) in [5.74, 6) is 0.868. The first-order valence-electron chi connectivity index (χ1n) is 5.16. The van der Waals surface area contributed by atoms with E-state index in [2.05, 4.69) is 4.31 Å². The van der Waals surface area contributed by atoms with Crippen molar-refractivity contribution in [1.82, 2.24) is 4.31 Å². The summed E-state index contributed by atoms with van der Waals surface area (Å²) in [5, 5.41) is 0. The lowest BCUT2D eigenvalue weighted by Gasteiger charge is -2.15. The van der Waals surface area contributed by atoms with Gasteiger partial charge in [-0.05, 0) is 36.9 Å². The Morgan fingerprint density at radius 3 is 2.73 bits per heavy atom. The van der Waals surface area contributed by atoms with Crippen molar-refractivity contribution in [3.8, 4) is 5.75 Å². The van der Waals surface area contributed by atoms with Gasteiger partial charge in [-0.25, -0.2) is 4.31 Å². The van der Waals surface area contributed by atoms with E-state index in [4.69, 9.17) is 10.5 Å². The third-order valence-corrected chi connectivity index (χ3v) is 3.64. The highest BCUT2D eigenvalue weighted by Crippen LogP contribution is 2.34. The van der Waals surface area contributed by atoms with E-state index in [0.717, 1.165) is 29.4 Å². The molecule has 1 aliphatic heterocycles. The molecule has 3 nitrogen and oxygen atoms in total. The van der Waals surface area contributed by atoms with E-state index in [1.807, 2.05) is 18.2 Å². The van der Waals surface area contributed by atoms with E-state index in [0.29, 0.717) is 0 Å². The average Bonchev–Trinajstić information content (AvgIpc) is 2.73.